The van der Waals surface area contributed by atoms with Gasteiger partial charge in [-0.3, -0.25) is 0 Å². The van der Waals surface area contributed by atoms with Crippen molar-refractivity contribution in [2.75, 3.05) is 7.11 Å². The van der Waals surface area contributed by atoms with Gasteiger partial charge in [0.05, 0.1) is 12.0 Å². The van der Waals surface area contributed by atoms with E-state index in [4.69, 9.17) is 9.47 Å². The molecule has 1 aliphatic carbocycles. The summed E-state index contributed by atoms with van der Waals surface area (Å²) in [5, 5.41) is 2.73. The maximum absolute atomic E-state index is 13.9. The van der Waals surface area contributed by atoms with Crippen LogP contribution in [0.4, 0.5) is 9.18 Å². The maximum Gasteiger partial charge on any atom is 0.407 e. The van der Waals surface area contributed by atoms with E-state index in [1.807, 2.05) is 0 Å². The highest BCUT2D eigenvalue weighted by atomic mass is 32.2. The third kappa shape index (κ3) is 5.95. The van der Waals surface area contributed by atoms with Crippen LogP contribution in [-0.4, -0.2) is 39.3 Å². The van der Waals surface area contributed by atoms with Gasteiger partial charge in [0.2, 0.25) is 10.0 Å². The fraction of sp³-hybridized carbons (Fsp3) is 0.409. The molecule has 168 valence electrons. The highest BCUT2D eigenvalue weighted by molar-refractivity contribution is 7.89. The number of halogens is 1. The van der Waals surface area contributed by atoms with Crippen molar-refractivity contribution in [1.29, 1.82) is 0 Å². The van der Waals surface area contributed by atoms with Crippen molar-refractivity contribution >= 4 is 16.1 Å². The van der Waals surface area contributed by atoms with Crippen molar-refractivity contribution in [2.45, 2.75) is 56.2 Å². The Bertz CT molecular complexity index is 1040. The lowest BCUT2D eigenvalue weighted by Crippen LogP contribution is -2.54. The molecule has 0 radical (unpaired) electrons. The lowest BCUT2D eigenvalue weighted by molar-refractivity contribution is 0.0470. The number of hydrogen-bond acceptors (Lipinski definition) is 5. The van der Waals surface area contributed by atoms with Crippen LogP contribution >= 0.6 is 0 Å². The number of sulfonamides is 1. The third-order valence-corrected chi connectivity index (χ3v) is 6.37. The number of alkyl carbamates (subject to hydrolysis) is 1. The van der Waals surface area contributed by atoms with Gasteiger partial charge in [-0.25, -0.2) is 22.3 Å². The van der Waals surface area contributed by atoms with Crippen LogP contribution in [-0.2, 0) is 14.8 Å². The molecule has 0 atom stereocenters. The molecule has 0 aliphatic heterocycles. The molecule has 0 aromatic heterocycles. The molecule has 3 rings (SSSR count). The Morgan fingerprint density at radius 2 is 1.65 bits per heavy atom. The number of methoxy groups -OCH3 is 1. The summed E-state index contributed by atoms with van der Waals surface area (Å²) in [7, 11) is -2.32. The molecule has 2 aromatic carbocycles. The van der Waals surface area contributed by atoms with E-state index in [0.29, 0.717) is 24.0 Å². The lowest BCUT2D eigenvalue weighted by atomic mass is 9.88. The van der Waals surface area contributed by atoms with Crippen molar-refractivity contribution < 1.29 is 27.1 Å². The largest absolute Gasteiger partial charge is 0.494 e. The van der Waals surface area contributed by atoms with Crippen LogP contribution < -0.4 is 14.8 Å². The molecule has 2 N–H and O–H groups in total. The van der Waals surface area contributed by atoms with E-state index in [1.54, 1.807) is 39.0 Å². The number of carbonyl (C=O) groups is 1. The van der Waals surface area contributed by atoms with E-state index in [-0.39, 0.29) is 22.7 Å². The molecular formula is C22H27FN2O5S. The summed E-state index contributed by atoms with van der Waals surface area (Å²) in [6.45, 7) is 5.34. The van der Waals surface area contributed by atoms with Crippen molar-refractivity contribution in [2.24, 2.45) is 0 Å². The number of hydrogen-bond donors (Lipinski definition) is 2. The molecule has 7 nitrogen and oxygen atoms in total. The first-order chi connectivity index (χ1) is 14.5. The van der Waals surface area contributed by atoms with Crippen LogP contribution in [0.5, 0.6) is 5.75 Å². The van der Waals surface area contributed by atoms with Crippen molar-refractivity contribution in [3.63, 3.8) is 0 Å². The Morgan fingerprint density at radius 3 is 2.19 bits per heavy atom. The smallest absolute Gasteiger partial charge is 0.407 e. The van der Waals surface area contributed by atoms with Gasteiger partial charge in [-0.2, -0.15) is 0 Å². The van der Waals surface area contributed by atoms with Crippen molar-refractivity contribution in [3.05, 3.63) is 48.3 Å². The second-order valence-electron chi connectivity index (χ2n) is 8.51. The number of amides is 1. The molecule has 2 aromatic rings. The second kappa shape index (κ2) is 8.84. The van der Waals surface area contributed by atoms with Crippen molar-refractivity contribution in [3.8, 4) is 16.9 Å². The normalized spacial score (nSPS) is 18.7. The Kier molecular flexibility index (Phi) is 6.56. The van der Waals surface area contributed by atoms with Gasteiger partial charge in [-0.1, -0.05) is 18.2 Å². The van der Waals surface area contributed by atoms with Crippen LogP contribution in [0.1, 0.15) is 33.6 Å². The third-order valence-electron chi connectivity index (χ3n) is 4.83. The van der Waals surface area contributed by atoms with Gasteiger partial charge < -0.3 is 14.8 Å². The molecule has 0 heterocycles. The van der Waals surface area contributed by atoms with E-state index in [0.717, 1.165) is 0 Å². The zero-order valence-corrected chi connectivity index (χ0v) is 18.8. The molecule has 0 unspecified atom stereocenters. The van der Waals surface area contributed by atoms with Crippen molar-refractivity contribution in [1.82, 2.24) is 10.0 Å². The summed E-state index contributed by atoms with van der Waals surface area (Å²) in [6.07, 6.45) is 0.466. The number of carbonyl (C=O) groups excluding carboxylic acids is 1. The van der Waals surface area contributed by atoms with E-state index >= 15 is 0 Å². The van der Waals surface area contributed by atoms with Gasteiger partial charge in [-0.05, 0) is 69.0 Å². The Hall–Kier alpha value is -2.65. The maximum atomic E-state index is 13.9. The molecule has 0 bridgehead atoms. The summed E-state index contributed by atoms with van der Waals surface area (Å²) in [5.41, 5.74) is 0.717. The minimum atomic E-state index is -3.71. The Labute approximate surface area is 182 Å². The van der Waals surface area contributed by atoms with Gasteiger partial charge in [-0.15, -0.1) is 0 Å². The highest BCUT2D eigenvalue weighted by Gasteiger charge is 2.34. The first-order valence-electron chi connectivity index (χ1n) is 9.93. The predicted molar refractivity (Wildman–Crippen MR) is 115 cm³/mol. The summed E-state index contributed by atoms with van der Waals surface area (Å²) < 4.78 is 52.0. The van der Waals surface area contributed by atoms with Crippen LogP contribution in [0.25, 0.3) is 11.1 Å². The average Bonchev–Trinajstić information content (AvgIpc) is 2.64. The fourth-order valence-corrected chi connectivity index (χ4v) is 4.53. The highest BCUT2D eigenvalue weighted by Crippen LogP contribution is 2.27. The van der Waals surface area contributed by atoms with E-state index < -0.39 is 27.5 Å². The molecule has 31 heavy (non-hydrogen) atoms. The first kappa shape index (κ1) is 23.0. The number of ether oxygens (including phenoxy) is 2. The number of benzene rings is 2. The topological polar surface area (TPSA) is 93.7 Å². The Morgan fingerprint density at radius 1 is 1.03 bits per heavy atom. The SMILES string of the molecule is COc1ccc(-c2ccc(S(=O)(=O)N[C@H]3C[C@@H](NC(=O)OC(C)(C)C)C3)cc2)cc1F. The zero-order chi connectivity index (χ0) is 22.8. The van der Waals surface area contributed by atoms with Gasteiger partial charge in [0.15, 0.2) is 11.6 Å². The number of nitrogens with one attached hydrogen (secondary N) is 2. The summed E-state index contributed by atoms with van der Waals surface area (Å²) in [4.78, 5) is 11.9. The molecule has 1 fully saturated rings. The standard InChI is InChI=1S/C22H27FN2O5S/c1-22(2,3)30-21(26)24-16-12-17(13-16)25-31(27,28)18-8-5-14(6-9-18)15-7-10-20(29-4)19(23)11-15/h5-11,16-17,25H,12-13H2,1-4H3,(H,24,26)/t16-,17+. The van der Waals surface area contributed by atoms with Crippen LogP contribution in [0.3, 0.4) is 0 Å². The summed E-state index contributed by atoms with van der Waals surface area (Å²) in [5.74, 6) is -0.343. The number of rotatable bonds is 6. The minimum absolute atomic E-state index is 0.119. The van der Waals surface area contributed by atoms with Gasteiger partial charge >= 0.3 is 6.09 Å². The molecule has 0 saturated heterocycles. The molecule has 1 amide bonds. The van der Waals surface area contributed by atoms with Crippen LogP contribution in [0, 0.1) is 5.82 Å². The summed E-state index contributed by atoms with van der Waals surface area (Å²) in [6, 6.07) is 10.4. The molecular weight excluding hydrogens is 423 g/mol. The van der Waals surface area contributed by atoms with Gasteiger partial charge in [0, 0.05) is 12.1 Å². The first-order valence-corrected chi connectivity index (χ1v) is 11.4. The average molecular weight is 451 g/mol. The molecule has 1 saturated carbocycles. The minimum Gasteiger partial charge on any atom is -0.494 e. The quantitative estimate of drug-likeness (QED) is 0.698. The van der Waals surface area contributed by atoms with Gasteiger partial charge in [0.1, 0.15) is 5.60 Å². The molecule has 9 heteroatoms. The molecule has 0 spiro atoms. The summed E-state index contributed by atoms with van der Waals surface area (Å²) >= 11 is 0. The molecule has 1 aliphatic rings. The van der Waals surface area contributed by atoms with E-state index in [1.165, 1.54) is 31.4 Å². The monoisotopic (exact) mass is 450 g/mol. The van der Waals surface area contributed by atoms with Gasteiger partial charge in [0.25, 0.3) is 0 Å². The predicted octanol–water partition coefficient (Wildman–Crippen LogP) is 3.84. The van der Waals surface area contributed by atoms with E-state index in [9.17, 15) is 17.6 Å². The van der Waals surface area contributed by atoms with E-state index in [2.05, 4.69) is 10.0 Å². The second-order valence-corrected chi connectivity index (χ2v) is 10.2. The lowest BCUT2D eigenvalue weighted by Gasteiger charge is -2.36. The van der Waals surface area contributed by atoms with Crippen LogP contribution in [0.15, 0.2) is 47.4 Å². The Balaban J connectivity index is 1.57. The van der Waals surface area contributed by atoms with Crippen LogP contribution in [0.2, 0.25) is 0 Å². The zero-order valence-electron chi connectivity index (χ0n) is 17.9. The fourth-order valence-electron chi connectivity index (χ4n) is 3.27.